The van der Waals surface area contributed by atoms with Gasteiger partial charge in [0.15, 0.2) is 0 Å². The number of carbonyl (C=O) groups excluding carboxylic acids is 1. The lowest BCUT2D eigenvalue weighted by molar-refractivity contribution is 0.0647. The predicted molar refractivity (Wildman–Crippen MR) is 59.6 cm³/mol. The Kier molecular flexibility index (Phi) is 2.71. The van der Waals surface area contributed by atoms with Crippen LogP contribution in [0, 0.1) is 9.39 Å². The molecule has 2 nitrogen and oxygen atoms in total. The van der Waals surface area contributed by atoms with Gasteiger partial charge in [-0.1, -0.05) is 0 Å². The van der Waals surface area contributed by atoms with E-state index in [4.69, 9.17) is 0 Å². The van der Waals surface area contributed by atoms with Gasteiger partial charge in [-0.3, -0.25) is 4.79 Å². The molecular formula is C10H9FINO. The van der Waals surface area contributed by atoms with E-state index >= 15 is 0 Å². The van der Waals surface area contributed by atoms with Crippen LogP contribution in [0.2, 0.25) is 0 Å². The molecule has 0 spiro atoms. The maximum atomic E-state index is 13.4. The smallest absolute Gasteiger partial charge is 0.256 e. The van der Waals surface area contributed by atoms with Crippen LogP contribution in [0.5, 0.6) is 0 Å². The van der Waals surface area contributed by atoms with Crippen LogP contribution < -0.4 is 0 Å². The molecule has 0 atom stereocenters. The maximum absolute atomic E-state index is 13.4. The highest BCUT2D eigenvalue weighted by atomic mass is 127. The molecule has 0 aliphatic carbocycles. The fourth-order valence-electron chi connectivity index (χ4n) is 1.35. The molecule has 74 valence electrons. The number of rotatable bonds is 1. The number of carbonyl (C=O) groups is 1. The summed E-state index contributed by atoms with van der Waals surface area (Å²) in [4.78, 5) is 13.3. The number of hydrogen-bond donors (Lipinski definition) is 0. The molecule has 1 aliphatic rings. The molecular weight excluding hydrogens is 296 g/mol. The van der Waals surface area contributed by atoms with E-state index in [0.29, 0.717) is 0 Å². The molecule has 14 heavy (non-hydrogen) atoms. The molecule has 0 unspecified atom stereocenters. The van der Waals surface area contributed by atoms with Gasteiger partial charge < -0.3 is 4.90 Å². The van der Waals surface area contributed by atoms with Crippen molar-refractivity contribution in [2.45, 2.75) is 6.42 Å². The van der Waals surface area contributed by atoms with Crippen molar-refractivity contribution in [1.29, 1.82) is 0 Å². The van der Waals surface area contributed by atoms with Crippen LogP contribution >= 0.6 is 22.6 Å². The zero-order chi connectivity index (χ0) is 10.1. The van der Waals surface area contributed by atoms with E-state index < -0.39 is 5.82 Å². The Balaban J connectivity index is 2.26. The predicted octanol–water partition coefficient (Wildman–Crippen LogP) is 2.28. The molecule has 4 heteroatoms. The van der Waals surface area contributed by atoms with Gasteiger partial charge in [-0.25, -0.2) is 4.39 Å². The average molecular weight is 305 g/mol. The lowest BCUT2D eigenvalue weighted by Gasteiger charge is -2.30. The lowest BCUT2D eigenvalue weighted by Crippen LogP contribution is -2.42. The third-order valence-electron chi connectivity index (χ3n) is 2.30. The van der Waals surface area contributed by atoms with Gasteiger partial charge in [-0.15, -0.1) is 0 Å². The van der Waals surface area contributed by atoms with Crippen LogP contribution in [0.25, 0.3) is 0 Å². The zero-order valence-electron chi connectivity index (χ0n) is 7.46. The quantitative estimate of drug-likeness (QED) is 0.729. The SMILES string of the molecule is O=C(c1ccc(I)cc1F)N1CCC1. The van der Waals surface area contributed by atoms with Gasteiger partial charge in [0.05, 0.1) is 5.56 Å². The van der Waals surface area contributed by atoms with Gasteiger partial charge >= 0.3 is 0 Å². The minimum atomic E-state index is -0.422. The Morgan fingerprint density at radius 3 is 2.64 bits per heavy atom. The third kappa shape index (κ3) is 1.75. The molecule has 0 bridgehead atoms. The van der Waals surface area contributed by atoms with Crippen molar-refractivity contribution in [3.8, 4) is 0 Å². The Bertz CT molecular complexity index is 376. The average Bonchev–Trinajstić information content (AvgIpc) is 2.00. The topological polar surface area (TPSA) is 20.3 Å². The molecule has 1 fully saturated rings. The summed E-state index contributed by atoms with van der Waals surface area (Å²) < 4.78 is 14.2. The number of halogens is 2. The first-order chi connectivity index (χ1) is 6.68. The maximum Gasteiger partial charge on any atom is 0.256 e. The van der Waals surface area contributed by atoms with Crippen molar-refractivity contribution in [2.24, 2.45) is 0 Å². The number of hydrogen-bond acceptors (Lipinski definition) is 1. The Morgan fingerprint density at radius 2 is 2.14 bits per heavy atom. The Labute approximate surface area is 95.2 Å². The highest BCUT2D eigenvalue weighted by Gasteiger charge is 2.23. The van der Waals surface area contributed by atoms with Crippen LogP contribution in [0.15, 0.2) is 18.2 Å². The third-order valence-corrected chi connectivity index (χ3v) is 2.98. The van der Waals surface area contributed by atoms with Gasteiger partial charge in [0.1, 0.15) is 5.82 Å². The minimum Gasteiger partial charge on any atom is -0.338 e. The Hall–Kier alpha value is -0.650. The fourth-order valence-corrected chi connectivity index (χ4v) is 1.81. The minimum absolute atomic E-state index is 0.185. The summed E-state index contributed by atoms with van der Waals surface area (Å²) in [5.74, 6) is -0.612. The molecule has 1 aliphatic heterocycles. The molecule has 0 N–H and O–H groups in total. The highest BCUT2D eigenvalue weighted by molar-refractivity contribution is 14.1. The first-order valence-electron chi connectivity index (χ1n) is 4.43. The summed E-state index contributed by atoms with van der Waals surface area (Å²) in [6, 6.07) is 4.68. The van der Waals surface area contributed by atoms with Crippen molar-refractivity contribution < 1.29 is 9.18 Å². The summed E-state index contributed by atoms with van der Waals surface area (Å²) >= 11 is 2.02. The summed E-state index contributed by atoms with van der Waals surface area (Å²) in [6.45, 7) is 1.51. The molecule has 1 amide bonds. The van der Waals surface area contributed by atoms with Gasteiger partial charge in [0.2, 0.25) is 0 Å². The molecule has 0 saturated carbocycles. The molecule has 1 aromatic carbocycles. The standard InChI is InChI=1S/C10H9FINO/c11-9-6-7(12)2-3-8(9)10(14)13-4-1-5-13/h2-3,6H,1,4-5H2. The Morgan fingerprint density at radius 1 is 1.43 bits per heavy atom. The largest absolute Gasteiger partial charge is 0.338 e. The molecule has 1 saturated heterocycles. The summed E-state index contributed by atoms with van der Waals surface area (Å²) in [5, 5.41) is 0. The van der Waals surface area contributed by atoms with Crippen molar-refractivity contribution in [1.82, 2.24) is 4.90 Å². The van der Waals surface area contributed by atoms with Gasteiger partial charge in [-0.2, -0.15) is 0 Å². The van der Waals surface area contributed by atoms with Crippen molar-refractivity contribution in [2.75, 3.05) is 13.1 Å². The van der Waals surface area contributed by atoms with E-state index in [1.807, 2.05) is 22.6 Å². The van der Waals surface area contributed by atoms with Crippen molar-refractivity contribution in [3.05, 3.63) is 33.1 Å². The number of amides is 1. The number of benzene rings is 1. The summed E-state index contributed by atoms with van der Waals surface area (Å²) in [6.07, 6.45) is 1.03. The van der Waals surface area contributed by atoms with E-state index in [1.165, 1.54) is 6.07 Å². The molecule has 1 aromatic rings. The van der Waals surface area contributed by atoms with Crippen LogP contribution in [-0.4, -0.2) is 23.9 Å². The second kappa shape index (κ2) is 3.84. The second-order valence-corrected chi connectivity index (χ2v) is 4.52. The normalized spacial score (nSPS) is 15.1. The monoisotopic (exact) mass is 305 g/mol. The van der Waals surface area contributed by atoms with E-state index in [2.05, 4.69) is 0 Å². The highest BCUT2D eigenvalue weighted by Crippen LogP contribution is 2.17. The second-order valence-electron chi connectivity index (χ2n) is 3.27. The summed E-state index contributed by atoms with van der Waals surface area (Å²) in [5.41, 5.74) is 0.185. The number of nitrogens with zero attached hydrogens (tertiary/aromatic N) is 1. The fraction of sp³-hybridized carbons (Fsp3) is 0.300. The molecule has 1 heterocycles. The molecule has 2 rings (SSSR count). The first kappa shape index (κ1) is 9.89. The van der Waals surface area contributed by atoms with Crippen molar-refractivity contribution in [3.63, 3.8) is 0 Å². The van der Waals surface area contributed by atoms with Crippen LogP contribution in [0.1, 0.15) is 16.8 Å². The lowest BCUT2D eigenvalue weighted by atomic mass is 10.1. The van der Waals surface area contributed by atoms with Crippen molar-refractivity contribution >= 4 is 28.5 Å². The van der Waals surface area contributed by atoms with Gasteiger partial charge in [-0.05, 0) is 47.2 Å². The number of likely N-dealkylation sites (tertiary alicyclic amines) is 1. The van der Waals surface area contributed by atoms with E-state index in [0.717, 1.165) is 23.1 Å². The first-order valence-corrected chi connectivity index (χ1v) is 5.50. The van der Waals surface area contributed by atoms with Crippen LogP contribution in [-0.2, 0) is 0 Å². The zero-order valence-corrected chi connectivity index (χ0v) is 9.62. The van der Waals surface area contributed by atoms with Crippen LogP contribution in [0.3, 0.4) is 0 Å². The molecule has 0 aromatic heterocycles. The van der Waals surface area contributed by atoms with E-state index in [1.54, 1.807) is 17.0 Å². The van der Waals surface area contributed by atoms with E-state index in [-0.39, 0.29) is 11.5 Å². The van der Waals surface area contributed by atoms with Gasteiger partial charge in [0, 0.05) is 16.7 Å². The van der Waals surface area contributed by atoms with E-state index in [9.17, 15) is 9.18 Å². The van der Waals surface area contributed by atoms with Gasteiger partial charge in [0.25, 0.3) is 5.91 Å². The summed E-state index contributed by atoms with van der Waals surface area (Å²) in [7, 11) is 0. The van der Waals surface area contributed by atoms with Crippen LogP contribution in [0.4, 0.5) is 4.39 Å². The molecule has 0 radical (unpaired) electrons.